The van der Waals surface area contributed by atoms with Crippen LogP contribution in [0.5, 0.6) is 11.5 Å². The Labute approximate surface area is 143 Å². The smallest absolute Gasteiger partial charge is 0.221 e. The van der Waals surface area contributed by atoms with Gasteiger partial charge >= 0.3 is 0 Å². The lowest BCUT2D eigenvalue weighted by atomic mass is 9.93. The summed E-state index contributed by atoms with van der Waals surface area (Å²) in [5.74, 6) is 2.15. The lowest BCUT2D eigenvalue weighted by Crippen LogP contribution is -2.52. The van der Waals surface area contributed by atoms with Gasteiger partial charge in [-0.2, -0.15) is 0 Å². The molecule has 0 aliphatic heterocycles. The lowest BCUT2D eigenvalue weighted by Gasteiger charge is -2.31. The highest BCUT2D eigenvalue weighted by atomic mass is 32.2. The molecule has 0 aromatic heterocycles. The fourth-order valence-corrected chi connectivity index (χ4v) is 3.17. The van der Waals surface area contributed by atoms with E-state index < -0.39 is 0 Å². The second kappa shape index (κ2) is 9.67. The molecule has 0 aliphatic carbocycles. The number of nitrogens with two attached hydrogens (primary N) is 1. The van der Waals surface area contributed by atoms with Gasteiger partial charge in [-0.15, -0.1) is 11.8 Å². The van der Waals surface area contributed by atoms with Gasteiger partial charge < -0.3 is 20.5 Å². The fourth-order valence-electron chi connectivity index (χ4n) is 2.29. The summed E-state index contributed by atoms with van der Waals surface area (Å²) in [4.78, 5) is 13.2. The fraction of sp³-hybridized carbons (Fsp3) is 0.588. The average molecular weight is 340 g/mol. The molecule has 1 amide bonds. The molecular formula is C17H28N2O3S. The number of thioether (sulfide) groups is 1. The van der Waals surface area contributed by atoms with E-state index in [0.29, 0.717) is 30.2 Å². The molecule has 0 fully saturated rings. The molecule has 1 aromatic carbocycles. The normalized spacial score (nSPS) is 11.2. The first kappa shape index (κ1) is 19.6. The molecule has 0 aliphatic rings. The number of rotatable bonds is 10. The van der Waals surface area contributed by atoms with Gasteiger partial charge in [-0.25, -0.2) is 0 Å². The molecule has 0 atom stereocenters. The third kappa shape index (κ3) is 5.62. The summed E-state index contributed by atoms with van der Waals surface area (Å²) in [6.07, 6.45) is 2.14. The van der Waals surface area contributed by atoms with Crippen molar-refractivity contribution in [2.45, 2.75) is 43.5 Å². The van der Waals surface area contributed by atoms with Gasteiger partial charge in [0, 0.05) is 23.6 Å². The Bertz CT molecular complexity index is 496. The standard InChI is InChI=1S/C17H28N2O3S/c1-5-17(6-2,12-18)19-16(20)9-10-23-13-7-8-14(21-3)15(11-13)22-4/h7-8,11H,5-6,9-10,12,18H2,1-4H3,(H,19,20). The minimum Gasteiger partial charge on any atom is -0.493 e. The van der Waals surface area contributed by atoms with Gasteiger partial charge in [-0.05, 0) is 31.0 Å². The van der Waals surface area contributed by atoms with Crippen LogP contribution in [0.1, 0.15) is 33.1 Å². The Hall–Kier alpha value is -1.40. The van der Waals surface area contributed by atoms with Crippen LogP contribution in [0, 0.1) is 0 Å². The number of hydrogen-bond acceptors (Lipinski definition) is 5. The molecule has 130 valence electrons. The third-order valence-electron chi connectivity index (χ3n) is 4.10. The molecular weight excluding hydrogens is 312 g/mol. The van der Waals surface area contributed by atoms with Crippen LogP contribution in [0.4, 0.5) is 0 Å². The van der Waals surface area contributed by atoms with E-state index in [1.165, 1.54) is 0 Å². The minimum atomic E-state index is -0.273. The van der Waals surface area contributed by atoms with E-state index in [1.54, 1.807) is 26.0 Å². The number of benzene rings is 1. The van der Waals surface area contributed by atoms with Gasteiger partial charge in [0.05, 0.1) is 19.8 Å². The highest BCUT2D eigenvalue weighted by Gasteiger charge is 2.25. The first-order valence-electron chi connectivity index (χ1n) is 7.90. The Morgan fingerprint density at radius 3 is 2.39 bits per heavy atom. The molecule has 0 saturated heterocycles. The molecule has 6 heteroatoms. The molecule has 0 bridgehead atoms. The molecule has 0 spiro atoms. The zero-order valence-electron chi connectivity index (χ0n) is 14.5. The number of hydrogen-bond donors (Lipinski definition) is 2. The van der Waals surface area contributed by atoms with E-state index >= 15 is 0 Å². The van der Waals surface area contributed by atoms with E-state index in [-0.39, 0.29) is 11.4 Å². The van der Waals surface area contributed by atoms with Crippen LogP contribution in [0.2, 0.25) is 0 Å². The highest BCUT2D eigenvalue weighted by Crippen LogP contribution is 2.32. The number of ether oxygens (including phenoxy) is 2. The molecule has 5 nitrogen and oxygen atoms in total. The van der Waals surface area contributed by atoms with Crippen molar-refractivity contribution >= 4 is 17.7 Å². The van der Waals surface area contributed by atoms with Crippen molar-refractivity contribution < 1.29 is 14.3 Å². The van der Waals surface area contributed by atoms with Crippen LogP contribution in [0.15, 0.2) is 23.1 Å². The summed E-state index contributed by atoms with van der Waals surface area (Å²) >= 11 is 1.62. The van der Waals surface area contributed by atoms with Crippen LogP contribution in [-0.2, 0) is 4.79 Å². The second-order valence-corrected chi connectivity index (χ2v) is 6.52. The van der Waals surface area contributed by atoms with Gasteiger partial charge in [0.25, 0.3) is 0 Å². The quantitative estimate of drug-likeness (QED) is 0.641. The van der Waals surface area contributed by atoms with Crippen molar-refractivity contribution in [1.29, 1.82) is 0 Å². The number of methoxy groups -OCH3 is 2. The maximum absolute atomic E-state index is 12.1. The number of carbonyl (C=O) groups is 1. The first-order valence-corrected chi connectivity index (χ1v) is 8.88. The van der Waals surface area contributed by atoms with E-state index in [9.17, 15) is 4.79 Å². The third-order valence-corrected chi connectivity index (χ3v) is 5.10. The van der Waals surface area contributed by atoms with Gasteiger partial charge in [0.1, 0.15) is 0 Å². The van der Waals surface area contributed by atoms with E-state index in [2.05, 4.69) is 19.2 Å². The second-order valence-electron chi connectivity index (χ2n) is 5.35. The van der Waals surface area contributed by atoms with Gasteiger partial charge in [-0.1, -0.05) is 13.8 Å². The summed E-state index contributed by atoms with van der Waals surface area (Å²) < 4.78 is 10.5. The Morgan fingerprint density at radius 1 is 1.22 bits per heavy atom. The van der Waals surface area contributed by atoms with Gasteiger partial charge in [0.15, 0.2) is 11.5 Å². The molecule has 3 N–H and O–H groups in total. The van der Waals surface area contributed by atoms with Crippen molar-refractivity contribution in [2.24, 2.45) is 5.73 Å². The lowest BCUT2D eigenvalue weighted by molar-refractivity contribution is -0.122. The predicted molar refractivity (Wildman–Crippen MR) is 95.4 cm³/mol. The predicted octanol–water partition coefficient (Wildman–Crippen LogP) is 2.82. The van der Waals surface area contributed by atoms with Crippen molar-refractivity contribution in [3.05, 3.63) is 18.2 Å². The summed E-state index contributed by atoms with van der Waals surface area (Å²) in [7, 11) is 3.22. The molecule has 0 saturated carbocycles. The molecule has 23 heavy (non-hydrogen) atoms. The van der Waals surface area contributed by atoms with Crippen molar-refractivity contribution in [2.75, 3.05) is 26.5 Å². The van der Waals surface area contributed by atoms with E-state index in [4.69, 9.17) is 15.2 Å². The van der Waals surface area contributed by atoms with Crippen LogP contribution >= 0.6 is 11.8 Å². The number of nitrogens with one attached hydrogen (secondary N) is 1. The minimum absolute atomic E-state index is 0.0483. The Balaban J connectivity index is 2.52. The molecule has 1 aromatic rings. The monoisotopic (exact) mass is 340 g/mol. The zero-order chi connectivity index (χ0) is 17.3. The van der Waals surface area contributed by atoms with Crippen LogP contribution in [-0.4, -0.2) is 38.0 Å². The molecule has 0 unspecified atom stereocenters. The maximum Gasteiger partial charge on any atom is 0.221 e. The first-order chi connectivity index (χ1) is 11.0. The molecule has 1 rings (SSSR count). The van der Waals surface area contributed by atoms with Crippen molar-refractivity contribution in [1.82, 2.24) is 5.32 Å². The number of amides is 1. The number of carbonyl (C=O) groups excluding carboxylic acids is 1. The summed E-state index contributed by atoms with van der Waals surface area (Å²) in [6, 6.07) is 5.75. The van der Waals surface area contributed by atoms with Gasteiger partial charge in [-0.3, -0.25) is 4.79 Å². The summed E-state index contributed by atoms with van der Waals surface area (Å²) in [5, 5.41) is 3.08. The largest absolute Gasteiger partial charge is 0.493 e. The molecule has 0 heterocycles. The van der Waals surface area contributed by atoms with Gasteiger partial charge in [0.2, 0.25) is 5.91 Å². The van der Waals surface area contributed by atoms with Crippen molar-refractivity contribution in [3.8, 4) is 11.5 Å². The Morgan fingerprint density at radius 2 is 1.87 bits per heavy atom. The van der Waals surface area contributed by atoms with Crippen LogP contribution in [0.3, 0.4) is 0 Å². The average Bonchev–Trinajstić information content (AvgIpc) is 2.59. The maximum atomic E-state index is 12.1. The summed E-state index contributed by atoms with van der Waals surface area (Å²) in [5.41, 5.74) is 5.54. The van der Waals surface area contributed by atoms with Crippen LogP contribution < -0.4 is 20.5 Å². The summed E-state index contributed by atoms with van der Waals surface area (Å²) in [6.45, 7) is 4.57. The van der Waals surface area contributed by atoms with Crippen LogP contribution in [0.25, 0.3) is 0 Å². The van der Waals surface area contributed by atoms with E-state index in [0.717, 1.165) is 17.7 Å². The Kier molecular flexibility index (Phi) is 8.26. The highest BCUT2D eigenvalue weighted by molar-refractivity contribution is 7.99. The van der Waals surface area contributed by atoms with E-state index in [1.807, 2.05) is 18.2 Å². The molecule has 0 radical (unpaired) electrons. The topological polar surface area (TPSA) is 73.6 Å². The van der Waals surface area contributed by atoms with Crippen molar-refractivity contribution in [3.63, 3.8) is 0 Å². The zero-order valence-corrected chi connectivity index (χ0v) is 15.3. The SMILES string of the molecule is CCC(CC)(CN)NC(=O)CCSc1ccc(OC)c(OC)c1.